The van der Waals surface area contributed by atoms with E-state index in [1.165, 1.54) is 6.08 Å². The molecule has 2 aliphatic rings. The highest BCUT2D eigenvalue weighted by molar-refractivity contribution is 5.89. The van der Waals surface area contributed by atoms with Crippen LogP contribution < -0.4 is 0 Å². The van der Waals surface area contributed by atoms with Gasteiger partial charge in [-0.15, -0.1) is 0 Å². The van der Waals surface area contributed by atoms with Gasteiger partial charge in [-0.25, -0.2) is 4.79 Å². The zero-order valence-corrected chi connectivity index (χ0v) is 25.5. The van der Waals surface area contributed by atoms with Crippen molar-refractivity contribution in [1.29, 1.82) is 0 Å². The topological polar surface area (TPSA) is 146 Å². The molecule has 0 aromatic carbocycles. The van der Waals surface area contributed by atoms with Gasteiger partial charge >= 0.3 is 5.97 Å². The summed E-state index contributed by atoms with van der Waals surface area (Å²) in [6.07, 6.45) is 5.52. The van der Waals surface area contributed by atoms with Gasteiger partial charge in [0, 0.05) is 12.3 Å². The van der Waals surface area contributed by atoms with E-state index in [0.29, 0.717) is 24.8 Å². The predicted molar refractivity (Wildman–Crippen MR) is 157 cm³/mol. The third-order valence-electron chi connectivity index (χ3n) is 7.79. The van der Waals surface area contributed by atoms with Gasteiger partial charge in [0.25, 0.3) is 0 Å². The maximum absolute atomic E-state index is 12.6. The van der Waals surface area contributed by atoms with E-state index in [4.69, 9.17) is 14.2 Å². The van der Waals surface area contributed by atoms with Crippen LogP contribution in [0.25, 0.3) is 0 Å². The van der Waals surface area contributed by atoms with E-state index in [1.54, 1.807) is 26.0 Å². The minimum atomic E-state index is -1.47. The summed E-state index contributed by atoms with van der Waals surface area (Å²) in [4.78, 5) is 12.6. The molecular weight excluding hydrogens is 528 g/mol. The Morgan fingerprint density at radius 3 is 2.29 bits per heavy atom. The fourth-order valence-electron chi connectivity index (χ4n) is 4.97. The van der Waals surface area contributed by atoms with E-state index >= 15 is 0 Å². The van der Waals surface area contributed by atoms with Crippen LogP contribution in [0.1, 0.15) is 74.1 Å². The first kappa shape index (κ1) is 35.1. The number of rotatable bonds is 5. The van der Waals surface area contributed by atoms with Crippen molar-refractivity contribution in [3.63, 3.8) is 0 Å². The molecule has 1 fully saturated rings. The minimum absolute atomic E-state index is 0.137. The molecule has 9 nitrogen and oxygen atoms in total. The van der Waals surface area contributed by atoms with Gasteiger partial charge in [0.15, 0.2) is 6.29 Å². The Balaban J connectivity index is 2.54. The average Bonchev–Trinajstić information content (AvgIpc) is 2.93. The molecule has 2 heterocycles. The number of ether oxygens (including phenoxy) is 3. The summed E-state index contributed by atoms with van der Waals surface area (Å²) in [6, 6.07) is 0. The highest BCUT2D eigenvalue weighted by Crippen LogP contribution is 2.34. The van der Waals surface area contributed by atoms with Gasteiger partial charge in [0.2, 0.25) is 0 Å². The van der Waals surface area contributed by atoms with Crippen molar-refractivity contribution in [2.45, 2.75) is 123 Å². The molecule has 0 saturated carbocycles. The summed E-state index contributed by atoms with van der Waals surface area (Å²) >= 11 is 0. The van der Waals surface area contributed by atoms with E-state index < -0.39 is 55.0 Å². The van der Waals surface area contributed by atoms with E-state index in [2.05, 4.69) is 0 Å². The standard InChI is InChI=1S/C32H50O9/c1-8-22-17-20(4)25(34)13-11-10-12-23(18-33)30(38)39-24(9-2)15-14-19(3)16-21(5)28(22)40-31-27(36)26(35)29(37)32(6,7)41-31/h10-12,14,16-17,22,24-29,31,33-37H,8-9,13,15,18H2,1-7H3/b11-10+,19-14+,20-17+,21-16+,23-12+/t22-,24+,25-,26+,27-,28-,29-,31+/m0/s1. The van der Waals surface area contributed by atoms with Gasteiger partial charge in [0.1, 0.15) is 24.4 Å². The largest absolute Gasteiger partial charge is 0.459 e. The summed E-state index contributed by atoms with van der Waals surface area (Å²) in [5.41, 5.74) is 1.44. The summed E-state index contributed by atoms with van der Waals surface area (Å²) in [7, 11) is 0. The monoisotopic (exact) mass is 578 g/mol. The molecule has 2 aliphatic heterocycles. The molecule has 0 radical (unpaired) electrons. The van der Waals surface area contributed by atoms with E-state index in [9.17, 15) is 30.3 Å². The van der Waals surface area contributed by atoms with Crippen LogP contribution in [0.4, 0.5) is 0 Å². The number of carbonyl (C=O) groups is 1. The fourth-order valence-corrected chi connectivity index (χ4v) is 4.97. The van der Waals surface area contributed by atoms with Crippen LogP contribution in [-0.2, 0) is 19.0 Å². The van der Waals surface area contributed by atoms with E-state index in [-0.39, 0.29) is 24.0 Å². The maximum Gasteiger partial charge on any atom is 0.336 e. The third kappa shape index (κ3) is 9.71. The second kappa shape index (κ2) is 15.9. The van der Waals surface area contributed by atoms with Crippen molar-refractivity contribution >= 4 is 5.97 Å². The molecule has 0 aromatic rings. The molecule has 2 rings (SSSR count). The molecule has 5 N–H and O–H groups in total. The van der Waals surface area contributed by atoms with Gasteiger partial charge in [-0.2, -0.15) is 0 Å². The SMILES string of the molecule is CC[C@@H]1C/C=C(C)/C=C(\C)[C@H](O[C@@H]2OC(C)(C)[C@@H](O)[C@H](O)[C@@H]2O)[C@@H](CC)/C=C(\C)[C@@H](O)C/C=C/C=C(\CO)C(=O)O1. The van der Waals surface area contributed by atoms with E-state index in [0.717, 1.165) is 11.1 Å². The second-order valence-corrected chi connectivity index (χ2v) is 11.6. The first-order chi connectivity index (χ1) is 19.2. The van der Waals surface area contributed by atoms with Gasteiger partial charge in [0.05, 0.1) is 30.0 Å². The van der Waals surface area contributed by atoms with Crippen molar-refractivity contribution < 1.29 is 44.5 Å². The number of aliphatic hydroxyl groups is 5. The van der Waals surface area contributed by atoms with Crippen molar-refractivity contribution in [1.82, 2.24) is 0 Å². The molecule has 0 aliphatic carbocycles. The number of aliphatic hydroxyl groups excluding tert-OH is 5. The van der Waals surface area contributed by atoms with Gasteiger partial charge in [-0.3, -0.25) is 0 Å². The van der Waals surface area contributed by atoms with Crippen LogP contribution in [0.5, 0.6) is 0 Å². The van der Waals surface area contributed by atoms with Crippen molar-refractivity contribution in [3.8, 4) is 0 Å². The smallest absolute Gasteiger partial charge is 0.336 e. The zero-order chi connectivity index (χ0) is 30.9. The highest BCUT2D eigenvalue weighted by atomic mass is 16.7. The quantitative estimate of drug-likeness (QED) is 0.245. The van der Waals surface area contributed by atoms with Crippen molar-refractivity contribution in [2.75, 3.05) is 6.61 Å². The maximum atomic E-state index is 12.6. The van der Waals surface area contributed by atoms with Crippen LogP contribution in [0, 0.1) is 5.92 Å². The van der Waals surface area contributed by atoms with Gasteiger partial charge in [-0.1, -0.05) is 49.8 Å². The Kier molecular flexibility index (Phi) is 13.6. The molecular formula is C32H50O9. The van der Waals surface area contributed by atoms with Crippen LogP contribution in [-0.4, -0.2) is 86.6 Å². The number of esters is 1. The molecule has 232 valence electrons. The van der Waals surface area contributed by atoms with Crippen LogP contribution >= 0.6 is 0 Å². The Hall–Kier alpha value is -2.11. The molecule has 0 aromatic heterocycles. The van der Waals surface area contributed by atoms with Crippen LogP contribution in [0.3, 0.4) is 0 Å². The Morgan fingerprint density at radius 1 is 1.00 bits per heavy atom. The predicted octanol–water partition coefficient (Wildman–Crippen LogP) is 3.41. The molecule has 8 atom stereocenters. The Bertz CT molecular complexity index is 1020. The van der Waals surface area contributed by atoms with E-state index in [1.807, 2.05) is 52.8 Å². The van der Waals surface area contributed by atoms with Crippen molar-refractivity contribution in [2.24, 2.45) is 5.92 Å². The molecule has 0 bridgehead atoms. The molecule has 0 unspecified atom stereocenters. The zero-order valence-electron chi connectivity index (χ0n) is 25.5. The molecule has 0 amide bonds. The van der Waals surface area contributed by atoms with Crippen molar-refractivity contribution in [3.05, 3.63) is 58.7 Å². The minimum Gasteiger partial charge on any atom is -0.459 e. The van der Waals surface area contributed by atoms with Gasteiger partial charge < -0.3 is 39.7 Å². The number of hydrogen-bond donors (Lipinski definition) is 5. The second-order valence-electron chi connectivity index (χ2n) is 11.6. The molecule has 0 spiro atoms. The number of hydrogen-bond acceptors (Lipinski definition) is 9. The highest BCUT2D eigenvalue weighted by Gasteiger charge is 2.49. The summed E-state index contributed by atoms with van der Waals surface area (Å²) in [6.45, 7) is 12.4. The molecule has 1 saturated heterocycles. The number of carbonyl (C=O) groups excluding carboxylic acids is 1. The van der Waals surface area contributed by atoms with Crippen LogP contribution in [0.15, 0.2) is 58.7 Å². The lowest BCUT2D eigenvalue weighted by Gasteiger charge is -2.46. The summed E-state index contributed by atoms with van der Waals surface area (Å²) in [5, 5.41) is 52.1. The number of allylic oxidation sites excluding steroid dienone is 4. The number of cyclic esters (lactones) is 1. The molecule has 9 heteroatoms. The fraction of sp³-hybridized carbons (Fsp3) is 0.656. The summed E-state index contributed by atoms with van der Waals surface area (Å²) in [5.74, 6) is -0.801. The van der Waals surface area contributed by atoms with Gasteiger partial charge in [-0.05, 0) is 71.1 Å². The third-order valence-corrected chi connectivity index (χ3v) is 7.79. The normalized spacial score (nSPS) is 40.2. The average molecular weight is 579 g/mol. The Morgan fingerprint density at radius 2 is 1.68 bits per heavy atom. The van der Waals surface area contributed by atoms with Crippen LogP contribution in [0.2, 0.25) is 0 Å². The first-order valence-corrected chi connectivity index (χ1v) is 14.5. The lowest BCUT2D eigenvalue weighted by atomic mass is 9.88. The lowest BCUT2D eigenvalue weighted by Crippen LogP contribution is -2.63. The molecule has 41 heavy (non-hydrogen) atoms. The first-order valence-electron chi connectivity index (χ1n) is 14.5. The Labute approximate surface area is 244 Å². The lowest BCUT2D eigenvalue weighted by molar-refractivity contribution is -0.331. The summed E-state index contributed by atoms with van der Waals surface area (Å²) < 4.78 is 18.0.